The second-order valence-electron chi connectivity index (χ2n) is 6.17. The van der Waals surface area contributed by atoms with Gasteiger partial charge in [-0.2, -0.15) is 0 Å². The van der Waals surface area contributed by atoms with Crippen LogP contribution in [0.25, 0.3) is 11.0 Å². The van der Waals surface area contributed by atoms with Crippen LogP contribution in [0.15, 0.2) is 28.8 Å². The lowest BCUT2D eigenvalue weighted by Gasteiger charge is -2.03. The number of aromatic nitrogens is 3. The maximum absolute atomic E-state index is 12.5. The Labute approximate surface area is 156 Å². The number of carbonyl (C=O) groups excluding carboxylic acids is 2. The number of carbonyl (C=O) groups is 2. The van der Waals surface area contributed by atoms with Crippen molar-refractivity contribution in [1.29, 1.82) is 0 Å². The van der Waals surface area contributed by atoms with E-state index in [1.165, 1.54) is 0 Å². The number of fused-ring (bicyclic) bond motifs is 1. The molecule has 0 bridgehead atoms. The summed E-state index contributed by atoms with van der Waals surface area (Å²) in [5.41, 5.74) is 2.21. The fourth-order valence-corrected chi connectivity index (χ4v) is 3.15. The third-order valence-electron chi connectivity index (χ3n) is 4.36. The lowest BCUT2D eigenvalue weighted by Crippen LogP contribution is -2.35. The van der Waals surface area contributed by atoms with Gasteiger partial charge in [0.2, 0.25) is 0 Å². The van der Waals surface area contributed by atoms with Crippen LogP contribution >= 0.6 is 0 Å². The van der Waals surface area contributed by atoms with E-state index in [0.29, 0.717) is 23.7 Å². The van der Waals surface area contributed by atoms with Gasteiger partial charge in [-0.05, 0) is 32.9 Å². The van der Waals surface area contributed by atoms with Crippen molar-refractivity contribution in [1.82, 2.24) is 9.72 Å². The molecule has 8 nitrogen and oxygen atoms in total. The molecule has 0 aliphatic rings. The summed E-state index contributed by atoms with van der Waals surface area (Å²) < 4.78 is 14.0. The van der Waals surface area contributed by atoms with E-state index in [1.54, 1.807) is 32.0 Å². The molecule has 3 rings (SSSR count). The summed E-state index contributed by atoms with van der Waals surface area (Å²) in [4.78, 5) is 24.6. The molecule has 27 heavy (non-hydrogen) atoms. The van der Waals surface area contributed by atoms with Gasteiger partial charge in [0.05, 0.1) is 18.7 Å². The second-order valence-corrected chi connectivity index (χ2v) is 6.17. The molecular formula is C19H23N4O4+. The number of aryl methyl sites for hydroxylation is 2. The molecule has 2 aromatic heterocycles. The summed E-state index contributed by atoms with van der Waals surface area (Å²) in [5, 5.41) is 6.50. The first kappa shape index (κ1) is 18.6. The first-order valence-corrected chi connectivity index (χ1v) is 8.87. The van der Waals surface area contributed by atoms with Crippen LogP contribution in [0.2, 0.25) is 0 Å². The first-order chi connectivity index (χ1) is 12.9. The molecule has 1 aromatic carbocycles. The number of imidazole rings is 1. The molecule has 0 unspecified atom stereocenters. The van der Waals surface area contributed by atoms with Crippen LogP contribution < -0.4 is 9.88 Å². The Morgan fingerprint density at radius 1 is 1.26 bits per heavy atom. The summed E-state index contributed by atoms with van der Waals surface area (Å²) >= 11 is 0. The molecule has 0 spiro atoms. The van der Waals surface area contributed by atoms with Crippen molar-refractivity contribution in [2.75, 3.05) is 11.9 Å². The minimum atomic E-state index is -0.379. The van der Waals surface area contributed by atoms with Crippen LogP contribution in [0.5, 0.6) is 0 Å². The van der Waals surface area contributed by atoms with Crippen molar-refractivity contribution < 1.29 is 23.4 Å². The van der Waals surface area contributed by atoms with E-state index in [4.69, 9.17) is 9.26 Å². The first-order valence-electron chi connectivity index (χ1n) is 8.87. The Morgan fingerprint density at radius 3 is 2.67 bits per heavy atom. The fraction of sp³-hybridized carbons (Fsp3) is 0.368. The maximum Gasteiger partial charge on any atom is 0.338 e. The van der Waals surface area contributed by atoms with Gasteiger partial charge in [0, 0.05) is 19.1 Å². The van der Waals surface area contributed by atoms with Gasteiger partial charge < -0.3 is 14.6 Å². The highest BCUT2D eigenvalue weighted by Gasteiger charge is 2.24. The van der Waals surface area contributed by atoms with E-state index >= 15 is 0 Å². The third-order valence-corrected chi connectivity index (χ3v) is 4.36. The quantitative estimate of drug-likeness (QED) is 0.531. The Kier molecular flexibility index (Phi) is 5.25. The van der Waals surface area contributed by atoms with Gasteiger partial charge in [-0.15, -0.1) is 0 Å². The van der Waals surface area contributed by atoms with Crippen LogP contribution in [0.3, 0.4) is 0 Å². The minimum absolute atomic E-state index is 0.0908. The zero-order chi connectivity index (χ0) is 19.6. The van der Waals surface area contributed by atoms with Crippen molar-refractivity contribution >= 4 is 28.7 Å². The molecule has 0 aliphatic carbocycles. The lowest BCUT2D eigenvalue weighted by atomic mass is 10.2. The molecular weight excluding hydrogens is 348 g/mol. The molecule has 3 aromatic rings. The molecule has 0 fully saturated rings. The zero-order valence-corrected chi connectivity index (χ0v) is 15.9. The van der Waals surface area contributed by atoms with Crippen molar-refractivity contribution in [3.05, 3.63) is 41.4 Å². The van der Waals surface area contributed by atoms with E-state index in [1.807, 2.05) is 24.5 Å². The van der Waals surface area contributed by atoms with Crippen LogP contribution in [0, 0.1) is 13.8 Å². The van der Waals surface area contributed by atoms with E-state index in [9.17, 15) is 9.59 Å². The third kappa shape index (κ3) is 3.69. The largest absolute Gasteiger partial charge is 0.462 e. The number of esters is 1. The van der Waals surface area contributed by atoms with E-state index < -0.39 is 0 Å². The van der Waals surface area contributed by atoms with Gasteiger partial charge in [-0.25, -0.2) is 13.9 Å². The molecule has 2 heterocycles. The summed E-state index contributed by atoms with van der Waals surface area (Å²) in [6.07, 6.45) is 0. The Bertz CT molecular complexity index is 1000. The number of benzene rings is 1. The topological polar surface area (TPSA) is 90.2 Å². The molecule has 0 saturated carbocycles. The number of nitrogens with one attached hydrogen (secondary N) is 1. The number of anilines is 1. The molecule has 0 radical (unpaired) electrons. The van der Waals surface area contributed by atoms with Gasteiger partial charge in [0.1, 0.15) is 5.76 Å². The smallest absolute Gasteiger partial charge is 0.338 e. The normalized spacial score (nSPS) is 11.0. The van der Waals surface area contributed by atoms with Gasteiger partial charge in [0.15, 0.2) is 23.4 Å². The average Bonchev–Trinajstić information content (AvgIpc) is 3.15. The summed E-state index contributed by atoms with van der Waals surface area (Å²) in [7, 11) is 0. The number of nitrogens with zero attached hydrogens (tertiary/aromatic N) is 3. The van der Waals surface area contributed by atoms with Gasteiger partial charge in [-0.1, -0.05) is 5.16 Å². The van der Waals surface area contributed by atoms with E-state index in [2.05, 4.69) is 15.0 Å². The SMILES string of the molecule is CCOC(=O)c1ccc2c(c1)n(CC(=O)Nc1cc(C)on1)c(C)[n+]2CC. The van der Waals surface area contributed by atoms with Crippen LogP contribution in [0.4, 0.5) is 5.82 Å². The number of amides is 1. The zero-order valence-electron chi connectivity index (χ0n) is 15.9. The number of hydrogen-bond acceptors (Lipinski definition) is 5. The van der Waals surface area contributed by atoms with E-state index in [-0.39, 0.29) is 18.4 Å². The molecule has 1 N–H and O–H groups in total. The molecule has 142 valence electrons. The molecule has 0 saturated heterocycles. The fourth-order valence-electron chi connectivity index (χ4n) is 3.15. The van der Waals surface area contributed by atoms with Crippen molar-refractivity contribution in [3.63, 3.8) is 0 Å². The minimum Gasteiger partial charge on any atom is -0.462 e. The van der Waals surface area contributed by atoms with Gasteiger partial charge in [0.25, 0.3) is 11.7 Å². The number of rotatable bonds is 6. The van der Waals surface area contributed by atoms with Crippen LogP contribution in [0.1, 0.15) is 35.8 Å². The van der Waals surface area contributed by atoms with Crippen molar-refractivity contribution in [2.24, 2.45) is 0 Å². The molecule has 0 aliphatic heterocycles. The monoisotopic (exact) mass is 371 g/mol. The molecule has 8 heteroatoms. The average molecular weight is 371 g/mol. The lowest BCUT2D eigenvalue weighted by molar-refractivity contribution is -0.674. The van der Waals surface area contributed by atoms with Crippen LogP contribution in [-0.2, 0) is 22.6 Å². The maximum atomic E-state index is 12.5. The Balaban J connectivity index is 1.96. The van der Waals surface area contributed by atoms with E-state index in [0.717, 1.165) is 23.4 Å². The van der Waals surface area contributed by atoms with Gasteiger partial charge in [-0.3, -0.25) is 4.79 Å². The Hall–Kier alpha value is -3.16. The summed E-state index contributed by atoms with van der Waals surface area (Å²) in [6.45, 7) is 8.66. The summed E-state index contributed by atoms with van der Waals surface area (Å²) in [5.74, 6) is 1.31. The predicted molar refractivity (Wildman–Crippen MR) is 98.4 cm³/mol. The predicted octanol–water partition coefficient (Wildman–Crippen LogP) is 2.37. The Morgan fingerprint density at radius 2 is 2.04 bits per heavy atom. The molecule has 0 atom stereocenters. The van der Waals surface area contributed by atoms with Crippen LogP contribution in [-0.4, -0.2) is 28.2 Å². The standard InChI is InChI=1S/C19H22N4O4/c1-5-22-13(4)23(11-18(24)20-17-9-12(3)27-21-17)16-10-14(7-8-15(16)22)19(25)26-6-2/h7-10H,5-6,11H2,1-4H3/p+1. The van der Waals surface area contributed by atoms with Crippen molar-refractivity contribution in [2.45, 2.75) is 40.8 Å². The second kappa shape index (κ2) is 7.61. The van der Waals surface area contributed by atoms with Crippen molar-refractivity contribution in [3.8, 4) is 0 Å². The highest BCUT2D eigenvalue weighted by Crippen LogP contribution is 2.18. The molecule has 1 amide bonds. The highest BCUT2D eigenvalue weighted by molar-refractivity contribution is 5.94. The summed E-state index contributed by atoms with van der Waals surface area (Å²) in [6, 6.07) is 7.05. The number of hydrogen-bond donors (Lipinski definition) is 1. The van der Waals surface area contributed by atoms with Gasteiger partial charge >= 0.3 is 5.97 Å². The highest BCUT2D eigenvalue weighted by atomic mass is 16.5. The number of ether oxygens (including phenoxy) is 1.